The van der Waals surface area contributed by atoms with Gasteiger partial charge in [-0.05, 0) is 30.4 Å². The summed E-state index contributed by atoms with van der Waals surface area (Å²) in [7, 11) is 2.93. The molecule has 0 bridgehead atoms. The summed E-state index contributed by atoms with van der Waals surface area (Å²) in [5.74, 6) is 0.404. The fourth-order valence-electron chi connectivity index (χ4n) is 3.16. The minimum absolute atomic E-state index is 0.0933. The van der Waals surface area contributed by atoms with Gasteiger partial charge in [0.15, 0.2) is 11.5 Å². The van der Waals surface area contributed by atoms with Crippen LogP contribution in [0.4, 0.5) is 5.69 Å². The maximum absolute atomic E-state index is 12.9. The predicted molar refractivity (Wildman–Crippen MR) is 118 cm³/mol. The first-order valence-electron chi connectivity index (χ1n) is 10.1. The average Bonchev–Trinajstić information content (AvgIpc) is 2.73. The van der Waals surface area contributed by atoms with E-state index in [0.29, 0.717) is 12.5 Å². The van der Waals surface area contributed by atoms with Gasteiger partial charge in [-0.3, -0.25) is 14.9 Å². The highest BCUT2D eigenvalue weighted by Crippen LogP contribution is 2.35. The highest BCUT2D eigenvalue weighted by Gasteiger charge is 2.26. The number of methoxy groups -OCH3 is 2. The molecule has 2 aromatic rings. The lowest BCUT2D eigenvalue weighted by molar-refractivity contribution is -0.385. The molecule has 0 aliphatic heterocycles. The molecule has 2 rings (SSSR count). The molecule has 0 aliphatic carbocycles. The Labute approximate surface area is 182 Å². The Balaban J connectivity index is 2.23. The Kier molecular flexibility index (Phi) is 8.81. The van der Waals surface area contributed by atoms with Crippen molar-refractivity contribution in [1.82, 2.24) is 5.32 Å². The predicted octanol–water partition coefficient (Wildman–Crippen LogP) is 4.32. The highest BCUT2D eigenvalue weighted by molar-refractivity contribution is 5.99. The van der Waals surface area contributed by atoms with Gasteiger partial charge in [-0.25, -0.2) is 0 Å². The zero-order valence-corrected chi connectivity index (χ0v) is 18.6. The molecule has 0 heterocycles. The number of amides is 1. The van der Waals surface area contributed by atoms with Crippen molar-refractivity contribution in [3.05, 3.63) is 63.2 Å². The van der Waals surface area contributed by atoms with Gasteiger partial charge in [0, 0.05) is 13.2 Å². The third kappa shape index (κ3) is 6.68. The van der Waals surface area contributed by atoms with Gasteiger partial charge in [0.05, 0.1) is 30.7 Å². The summed E-state index contributed by atoms with van der Waals surface area (Å²) >= 11 is 0. The second kappa shape index (κ2) is 11.3. The van der Waals surface area contributed by atoms with E-state index in [1.54, 1.807) is 0 Å². The van der Waals surface area contributed by atoms with Gasteiger partial charge in [-0.15, -0.1) is 0 Å². The Bertz CT molecular complexity index is 896. The van der Waals surface area contributed by atoms with Crippen molar-refractivity contribution >= 4 is 11.6 Å². The molecule has 0 radical (unpaired) electrons. The molecule has 0 aromatic heterocycles. The first-order chi connectivity index (χ1) is 14.8. The van der Waals surface area contributed by atoms with Crippen molar-refractivity contribution < 1.29 is 23.9 Å². The molecule has 0 unspecified atom stereocenters. The summed E-state index contributed by atoms with van der Waals surface area (Å²) in [5.41, 5.74) is 1.69. The molecule has 0 saturated heterocycles. The number of nitro groups is 1. The quantitative estimate of drug-likeness (QED) is 0.324. The number of benzene rings is 2. The van der Waals surface area contributed by atoms with Crippen LogP contribution in [0.2, 0.25) is 0 Å². The van der Waals surface area contributed by atoms with Crippen LogP contribution in [0.3, 0.4) is 0 Å². The summed E-state index contributed by atoms with van der Waals surface area (Å²) in [6.45, 7) is 6.66. The minimum atomic E-state index is -0.608. The van der Waals surface area contributed by atoms with Crippen LogP contribution in [0, 0.1) is 16.0 Å². The van der Waals surface area contributed by atoms with Gasteiger partial charge in [-0.1, -0.05) is 38.1 Å². The number of nitrogens with one attached hydrogen (secondary N) is 1. The number of nitrogens with zero attached hydrogens (tertiary/aromatic N) is 1. The molecule has 0 spiro atoms. The van der Waals surface area contributed by atoms with E-state index >= 15 is 0 Å². The molecular formula is C23H30N2O6. The Morgan fingerprint density at radius 2 is 1.74 bits per heavy atom. The first kappa shape index (κ1) is 24.1. The molecule has 1 amide bonds. The summed E-state index contributed by atoms with van der Waals surface area (Å²) in [6, 6.07) is 10.2. The molecule has 8 nitrogen and oxygen atoms in total. The van der Waals surface area contributed by atoms with Crippen LogP contribution in [-0.2, 0) is 11.2 Å². The molecule has 8 heteroatoms. The van der Waals surface area contributed by atoms with Gasteiger partial charge < -0.3 is 19.5 Å². The van der Waals surface area contributed by atoms with Gasteiger partial charge in [0.25, 0.3) is 11.6 Å². The lowest BCUT2D eigenvalue weighted by Gasteiger charge is -2.17. The number of hydrogen-bond acceptors (Lipinski definition) is 6. The van der Waals surface area contributed by atoms with Crippen molar-refractivity contribution in [3.63, 3.8) is 0 Å². The van der Waals surface area contributed by atoms with E-state index in [4.69, 9.17) is 14.2 Å². The van der Waals surface area contributed by atoms with Gasteiger partial charge in [0.2, 0.25) is 0 Å². The number of rotatable bonds is 11. The number of hydrogen-bond donors (Lipinski definition) is 1. The van der Waals surface area contributed by atoms with Crippen molar-refractivity contribution in [2.45, 2.75) is 33.2 Å². The largest absolute Gasteiger partial charge is 0.493 e. The fourth-order valence-corrected chi connectivity index (χ4v) is 3.16. The molecule has 168 valence electrons. The standard InChI is InChI=1S/C23H30N2O6/c1-15(2)12-17-6-8-18(9-7-17)16(3)24-23(26)19-13-21(30-5)22(31-11-10-29-4)14-20(19)25(27)28/h6-9,13-16H,10-12H2,1-5H3,(H,24,26)/t16-/m1/s1. The Morgan fingerprint density at radius 1 is 1.06 bits per heavy atom. The number of carbonyl (C=O) groups is 1. The SMILES string of the molecule is COCCOc1cc([N+](=O)[O-])c(C(=O)N[C@H](C)c2ccc(CC(C)C)cc2)cc1OC. The van der Waals surface area contributed by atoms with E-state index in [0.717, 1.165) is 12.0 Å². The zero-order valence-electron chi connectivity index (χ0n) is 18.6. The maximum atomic E-state index is 12.9. The summed E-state index contributed by atoms with van der Waals surface area (Å²) in [4.78, 5) is 23.9. The van der Waals surface area contributed by atoms with E-state index in [9.17, 15) is 14.9 Å². The van der Waals surface area contributed by atoms with E-state index in [2.05, 4.69) is 19.2 Å². The molecule has 0 fully saturated rings. The second-order valence-corrected chi connectivity index (χ2v) is 7.65. The van der Waals surface area contributed by atoms with Crippen LogP contribution in [0.25, 0.3) is 0 Å². The molecule has 31 heavy (non-hydrogen) atoms. The summed E-state index contributed by atoms with van der Waals surface area (Å²) in [5, 5.41) is 14.4. The first-order valence-corrected chi connectivity index (χ1v) is 10.1. The van der Waals surface area contributed by atoms with Crippen LogP contribution in [0.1, 0.15) is 48.3 Å². The summed E-state index contributed by atoms with van der Waals surface area (Å²) in [6.07, 6.45) is 0.978. The van der Waals surface area contributed by atoms with Crippen molar-refractivity contribution in [3.8, 4) is 11.5 Å². The van der Waals surface area contributed by atoms with Gasteiger partial charge >= 0.3 is 0 Å². The van der Waals surface area contributed by atoms with Crippen LogP contribution in [0.15, 0.2) is 36.4 Å². The monoisotopic (exact) mass is 430 g/mol. The normalized spacial score (nSPS) is 11.8. The Morgan fingerprint density at radius 3 is 2.29 bits per heavy atom. The summed E-state index contributed by atoms with van der Waals surface area (Å²) < 4.78 is 15.7. The molecule has 1 N–H and O–H groups in total. The number of carbonyl (C=O) groups excluding carboxylic acids is 1. The molecule has 2 aromatic carbocycles. The van der Waals surface area contributed by atoms with Crippen molar-refractivity contribution in [1.29, 1.82) is 0 Å². The van der Waals surface area contributed by atoms with Crippen LogP contribution in [0.5, 0.6) is 11.5 Å². The molecule has 0 aliphatic rings. The minimum Gasteiger partial charge on any atom is -0.493 e. The van der Waals surface area contributed by atoms with Gasteiger partial charge in [-0.2, -0.15) is 0 Å². The third-order valence-electron chi connectivity index (χ3n) is 4.74. The fraction of sp³-hybridized carbons (Fsp3) is 0.435. The van der Waals surface area contributed by atoms with E-state index < -0.39 is 10.8 Å². The smallest absolute Gasteiger partial charge is 0.286 e. The number of ether oxygens (including phenoxy) is 3. The topological polar surface area (TPSA) is 99.9 Å². The van der Waals surface area contributed by atoms with Crippen molar-refractivity contribution in [2.75, 3.05) is 27.4 Å². The lowest BCUT2D eigenvalue weighted by Crippen LogP contribution is -2.27. The number of nitro benzene ring substituents is 1. The third-order valence-corrected chi connectivity index (χ3v) is 4.74. The van der Waals surface area contributed by atoms with Crippen LogP contribution < -0.4 is 14.8 Å². The zero-order chi connectivity index (χ0) is 23.0. The van der Waals surface area contributed by atoms with E-state index in [-0.39, 0.29) is 35.4 Å². The lowest BCUT2D eigenvalue weighted by atomic mass is 9.99. The second-order valence-electron chi connectivity index (χ2n) is 7.65. The highest BCUT2D eigenvalue weighted by atomic mass is 16.6. The van der Waals surface area contributed by atoms with Crippen LogP contribution in [-0.4, -0.2) is 38.3 Å². The molecule has 0 saturated carbocycles. The Hall–Kier alpha value is -3.13. The molecule has 1 atom stereocenters. The van der Waals surface area contributed by atoms with Crippen LogP contribution >= 0.6 is 0 Å². The van der Waals surface area contributed by atoms with E-state index in [1.165, 1.54) is 31.9 Å². The van der Waals surface area contributed by atoms with Gasteiger partial charge in [0.1, 0.15) is 12.2 Å². The van der Waals surface area contributed by atoms with E-state index in [1.807, 2.05) is 31.2 Å². The maximum Gasteiger partial charge on any atom is 0.286 e. The average molecular weight is 431 g/mol. The van der Waals surface area contributed by atoms with Crippen molar-refractivity contribution in [2.24, 2.45) is 5.92 Å². The molecular weight excluding hydrogens is 400 g/mol.